The van der Waals surface area contributed by atoms with Crippen LogP contribution in [0.1, 0.15) is 5.56 Å². The molecule has 2 aromatic heterocycles. The van der Waals surface area contributed by atoms with E-state index in [1.807, 2.05) is 29.7 Å². The summed E-state index contributed by atoms with van der Waals surface area (Å²) in [5, 5.41) is 0. The summed E-state index contributed by atoms with van der Waals surface area (Å²) in [5.74, 6) is -0.241. The monoisotopic (exact) mass is 304 g/mol. The maximum absolute atomic E-state index is 12.9. The molecule has 4 heteroatoms. The molecule has 90 valence electrons. The van der Waals surface area contributed by atoms with Crippen LogP contribution in [0.15, 0.2) is 47.2 Å². The van der Waals surface area contributed by atoms with E-state index in [1.54, 1.807) is 12.1 Å². The lowest BCUT2D eigenvalue weighted by Gasteiger charge is -1.98. The van der Waals surface area contributed by atoms with E-state index in [2.05, 4.69) is 20.9 Å². The van der Waals surface area contributed by atoms with Crippen molar-refractivity contribution in [2.45, 2.75) is 6.92 Å². The maximum Gasteiger partial charge on any atom is 0.138 e. The molecule has 2 heterocycles. The number of hydrogen-bond acceptors (Lipinski definition) is 1. The van der Waals surface area contributed by atoms with Gasteiger partial charge in [-0.25, -0.2) is 9.37 Å². The lowest BCUT2D eigenvalue weighted by molar-refractivity contribution is 0.628. The predicted octanol–water partition coefficient (Wildman–Crippen LogP) is 4.21. The Hall–Kier alpha value is -1.68. The van der Waals surface area contributed by atoms with Gasteiger partial charge in [-0.15, -0.1) is 0 Å². The van der Waals surface area contributed by atoms with Gasteiger partial charge in [0.25, 0.3) is 0 Å². The van der Waals surface area contributed by atoms with E-state index in [0.717, 1.165) is 27.1 Å². The zero-order chi connectivity index (χ0) is 12.7. The highest BCUT2D eigenvalue weighted by atomic mass is 79.9. The number of halogens is 2. The Kier molecular flexibility index (Phi) is 2.67. The van der Waals surface area contributed by atoms with E-state index < -0.39 is 0 Å². The average Bonchev–Trinajstić information content (AvgIpc) is 2.67. The fourth-order valence-corrected chi connectivity index (χ4v) is 2.53. The zero-order valence-electron chi connectivity index (χ0n) is 9.69. The minimum atomic E-state index is -0.241. The van der Waals surface area contributed by atoms with Crippen molar-refractivity contribution in [1.82, 2.24) is 9.38 Å². The molecule has 0 N–H and O–H groups in total. The summed E-state index contributed by atoms with van der Waals surface area (Å²) in [5.41, 5.74) is 3.75. The maximum atomic E-state index is 12.9. The van der Waals surface area contributed by atoms with E-state index >= 15 is 0 Å². The Morgan fingerprint density at radius 3 is 2.61 bits per heavy atom. The standard InChI is InChI=1S/C14H10BrFN2/c1-9-6-7-18-12(8-9)17-13(14(18)15)10-2-4-11(16)5-3-10/h2-8H,1H3. The molecule has 3 aromatic rings. The van der Waals surface area contributed by atoms with Gasteiger partial charge in [0.2, 0.25) is 0 Å². The van der Waals surface area contributed by atoms with Crippen LogP contribution in [0.5, 0.6) is 0 Å². The molecule has 0 saturated heterocycles. The quantitative estimate of drug-likeness (QED) is 0.658. The molecule has 0 fully saturated rings. The van der Waals surface area contributed by atoms with E-state index in [1.165, 1.54) is 12.1 Å². The smallest absolute Gasteiger partial charge is 0.138 e. The van der Waals surface area contributed by atoms with Gasteiger partial charge in [-0.05, 0) is 64.8 Å². The second kappa shape index (κ2) is 4.21. The van der Waals surface area contributed by atoms with E-state index in [9.17, 15) is 4.39 Å². The van der Waals surface area contributed by atoms with Crippen molar-refractivity contribution in [3.8, 4) is 11.3 Å². The first kappa shape index (κ1) is 11.4. The number of imidazole rings is 1. The number of rotatable bonds is 1. The van der Waals surface area contributed by atoms with Crippen molar-refractivity contribution in [2.75, 3.05) is 0 Å². The molecule has 0 aliphatic rings. The van der Waals surface area contributed by atoms with Crippen LogP contribution in [0.3, 0.4) is 0 Å². The third-order valence-corrected chi connectivity index (χ3v) is 3.60. The summed E-state index contributed by atoms with van der Waals surface area (Å²) in [6, 6.07) is 10.4. The first-order valence-electron chi connectivity index (χ1n) is 5.55. The Balaban J connectivity index is 2.23. The van der Waals surface area contributed by atoms with Crippen molar-refractivity contribution in [2.24, 2.45) is 0 Å². The van der Waals surface area contributed by atoms with Gasteiger partial charge < -0.3 is 0 Å². The Morgan fingerprint density at radius 1 is 1.17 bits per heavy atom. The largest absolute Gasteiger partial charge is 0.294 e. The summed E-state index contributed by atoms with van der Waals surface area (Å²) >= 11 is 3.54. The number of aromatic nitrogens is 2. The summed E-state index contributed by atoms with van der Waals surface area (Å²) in [6.45, 7) is 2.03. The molecular formula is C14H10BrFN2. The second-order valence-corrected chi connectivity index (χ2v) is 4.94. The number of fused-ring (bicyclic) bond motifs is 1. The SMILES string of the molecule is Cc1ccn2c(Br)c(-c3ccc(F)cc3)nc2c1. The average molecular weight is 305 g/mol. The number of hydrogen-bond donors (Lipinski definition) is 0. The molecule has 0 aliphatic carbocycles. The molecule has 3 rings (SSSR count). The van der Waals surface area contributed by atoms with Crippen molar-refractivity contribution >= 4 is 21.6 Å². The van der Waals surface area contributed by atoms with Crippen molar-refractivity contribution in [3.05, 3.63) is 58.6 Å². The molecule has 2 nitrogen and oxygen atoms in total. The first-order valence-corrected chi connectivity index (χ1v) is 6.34. The van der Waals surface area contributed by atoms with Gasteiger partial charge >= 0.3 is 0 Å². The van der Waals surface area contributed by atoms with Crippen LogP contribution in [0.25, 0.3) is 16.9 Å². The molecule has 0 radical (unpaired) electrons. The van der Waals surface area contributed by atoms with E-state index in [0.29, 0.717) is 0 Å². The molecule has 0 bridgehead atoms. The van der Waals surface area contributed by atoms with Gasteiger partial charge in [-0.3, -0.25) is 4.40 Å². The lowest BCUT2D eigenvalue weighted by Crippen LogP contribution is -1.84. The van der Waals surface area contributed by atoms with Crippen LogP contribution < -0.4 is 0 Å². The zero-order valence-corrected chi connectivity index (χ0v) is 11.3. The fraction of sp³-hybridized carbons (Fsp3) is 0.0714. The molecule has 0 amide bonds. The number of benzene rings is 1. The summed E-state index contributed by atoms with van der Waals surface area (Å²) in [4.78, 5) is 4.57. The minimum Gasteiger partial charge on any atom is -0.294 e. The predicted molar refractivity (Wildman–Crippen MR) is 73.0 cm³/mol. The van der Waals surface area contributed by atoms with Crippen molar-refractivity contribution < 1.29 is 4.39 Å². The molecule has 1 aromatic carbocycles. The van der Waals surface area contributed by atoms with Gasteiger partial charge in [-0.1, -0.05) is 0 Å². The Labute approximate surface area is 112 Å². The molecule has 0 unspecified atom stereocenters. The molecule has 0 atom stereocenters. The highest BCUT2D eigenvalue weighted by Gasteiger charge is 2.11. The molecule has 0 saturated carbocycles. The van der Waals surface area contributed by atoms with Gasteiger partial charge in [0.15, 0.2) is 0 Å². The Bertz CT molecular complexity index is 716. The van der Waals surface area contributed by atoms with Crippen LogP contribution in [0.4, 0.5) is 4.39 Å². The van der Waals surface area contributed by atoms with E-state index in [-0.39, 0.29) is 5.82 Å². The van der Waals surface area contributed by atoms with Crippen molar-refractivity contribution in [1.29, 1.82) is 0 Å². The fourth-order valence-electron chi connectivity index (χ4n) is 1.91. The van der Waals surface area contributed by atoms with Gasteiger partial charge in [-0.2, -0.15) is 0 Å². The van der Waals surface area contributed by atoms with Crippen molar-refractivity contribution in [3.63, 3.8) is 0 Å². The number of pyridine rings is 1. The first-order chi connectivity index (χ1) is 8.65. The summed E-state index contributed by atoms with van der Waals surface area (Å²) in [7, 11) is 0. The van der Waals surface area contributed by atoms with Gasteiger partial charge in [0, 0.05) is 11.8 Å². The second-order valence-electron chi connectivity index (χ2n) is 4.19. The lowest BCUT2D eigenvalue weighted by atomic mass is 10.2. The molecule has 18 heavy (non-hydrogen) atoms. The Morgan fingerprint density at radius 2 is 1.89 bits per heavy atom. The molecular weight excluding hydrogens is 295 g/mol. The summed E-state index contributed by atoms with van der Waals surface area (Å²) in [6.07, 6.45) is 1.97. The molecule has 0 aliphatic heterocycles. The highest BCUT2D eigenvalue weighted by molar-refractivity contribution is 9.10. The minimum absolute atomic E-state index is 0.241. The van der Waals surface area contributed by atoms with Crippen LogP contribution in [-0.2, 0) is 0 Å². The van der Waals surface area contributed by atoms with Crippen LogP contribution in [-0.4, -0.2) is 9.38 Å². The van der Waals surface area contributed by atoms with E-state index in [4.69, 9.17) is 0 Å². The third kappa shape index (κ3) is 1.82. The number of nitrogens with zero attached hydrogens (tertiary/aromatic N) is 2. The highest BCUT2D eigenvalue weighted by Crippen LogP contribution is 2.29. The molecule has 0 spiro atoms. The van der Waals surface area contributed by atoms with Gasteiger partial charge in [0.1, 0.15) is 21.8 Å². The van der Waals surface area contributed by atoms with Crippen LogP contribution in [0, 0.1) is 12.7 Å². The topological polar surface area (TPSA) is 17.3 Å². The number of aryl methyl sites for hydroxylation is 1. The van der Waals surface area contributed by atoms with Crippen LogP contribution in [0.2, 0.25) is 0 Å². The summed E-state index contributed by atoms with van der Waals surface area (Å²) < 4.78 is 15.8. The van der Waals surface area contributed by atoms with Crippen LogP contribution >= 0.6 is 15.9 Å². The normalized spacial score (nSPS) is 11.1. The third-order valence-electron chi connectivity index (χ3n) is 2.84. The van der Waals surface area contributed by atoms with Gasteiger partial charge in [0.05, 0.1) is 0 Å².